The van der Waals surface area contributed by atoms with Crippen LogP contribution < -0.4 is 10.9 Å². The molecule has 2 aliphatic carbocycles. The number of anilines is 1. The summed E-state index contributed by atoms with van der Waals surface area (Å²) in [5.74, 6) is -2.30. The first kappa shape index (κ1) is 17.6. The van der Waals surface area contributed by atoms with E-state index in [0.29, 0.717) is 11.4 Å². The summed E-state index contributed by atoms with van der Waals surface area (Å²) in [6.07, 6.45) is 2.54. The zero-order valence-corrected chi connectivity index (χ0v) is 15.4. The van der Waals surface area contributed by atoms with Gasteiger partial charge in [-0.25, -0.2) is 4.68 Å². The first-order valence-corrected chi connectivity index (χ1v) is 9.28. The minimum Gasteiger partial charge on any atom is -0.481 e. The van der Waals surface area contributed by atoms with Crippen molar-refractivity contribution in [1.29, 1.82) is 0 Å². The first-order chi connectivity index (χ1) is 12.9. The number of rotatable bonds is 4. The molecule has 2 bridgehead atoms. The Morgan fingerprint density at radius 1 is 1.11 bits per heavy atom. The van der Waals surface area contributed by atoms with E-state index in [1.807, 2.05) is 30.3 Å². The Morgan fingerprint density at radius 3 is 2.37 bits per heavy atom. The van der Waals surface area contributed by atoms with Crippen LogP contribution in [0.2, 0.25) is 0 Å². The number of carboxylic acid groups (broad SMARTS) is 1. The molecule has 0 aliphatic heterocycles. The van der Waals surface area contributed by atoms with Crippen molar-refractivity contribution in [3.8, 4) is 5.69 Å². The Bertz CT molecular complexity index is 960. The molecule has 0 radical (unpaired) electrons. The Balaban J connectivity index is 1.67. The lowest BCUT2D eigenvalue weighted by molar-refractivity contribution is -0.148. The number of nitrogens with zero attached hydrogens (tertiary/aromatic N) is 2. The van der Waals surface area contributed by atoms with Crippen molar-refractivity contribution < 1.29 is 14.7 Å². The van der Waals surface area contributed by atoms with Gasteiger partial charge in [-0.3, -0.25) is 19.1 Å². The second-order valence-corrected chi connectivity index (χ2v) is 7.65. The van der Waals surface area contributed by atoms with Gasteiger partial charge >= 0.3 is 5.97 Å². The van der Waals surface area contributed by atoms with E-state index in [1.165, 1.54) is 4.68 Å². The summed E-state index contributed by atoms with van der Waals surface area (Å²) in [7, 11) is 1.76. The van der Waals surface area contributed by atoms with E-state index in [9.17, 15) is 19.5 Å². The molecule has 27 heavy (non-hydrogen) atoms. The summed E-state index contributed by atoms with van der Waals surface area (Å²) in [4.78, 5) is 37.6. The van der Waals surface area contributed by atoms with E-state index in [4.69, 9.17) is 0 Å². The van der Waals surface area contributed by atoms with E-state index in [2.05, 4.69) is 5.32 Å². The lowest BCUT2D eigenvalue weighted by Gasteiger charge is -2.26. The molecule has 2 saturated carbocycles. The molecule has 2 aromatic rings. The van der Waals surface area contributed by atoms with Gasteiger partial charge in [0.05, 0.1) is 23.2 Å². The fraction of sp³-hybridized carbons (Fsp3) is 0.450. The number of fused-ring (bicyclic) bond motifs is 2. The van der Waals surface area contributed by atoms with E-state index >= 15 is 0 Å². The van der Waals surface area contributed by atoms with Crippen LogP contribution in [0.3, 0.4) is 0 Å². The molecule has 2 fully saturated rings. The number of benzene rings is 1. The van der Waals surface area contributed by atoms with Crippen LogP contribution >= 0.6 is 0 Å². The minimum absolute atomic E-state index is 0.0705. The van der Waals surface area contributed by atoms with Crippen LogP contribution in [-0.4, -0.2) is 26.3 Å². The molecule has 0 unspecified atom stereocenters. The van der Waals surface area contributed by atoms with Gasteiger partial charge in [-0.05, 0) is 50.2 Å². The number of aliphatic carboxylic acids is 1. The predicted octanol–water partition coefficient (Wildman–Crippen LogP) is 2.17. The van der Waals surface area contributed by atoms with Crippen molar-refractivity contribution in [1.82, 2.24) is 9.36 Å². The third-order valence-corrected chi connectivity index (χ3v) is 6.31. The quantitative estimate of drug-likeness (QED) is 0.864. The normalized spacial score (nSPS) is 26.3. The van der Waals surface area contributed by atoms with Gasteiger partial charge in [-0.2, -0.15) is 0 Å². The van der Waals surface area contributed by atoms with Gasteiger partial charge < -0.3 is 10.4 Å². The standard InChI is InChI=1S/C20H23N3O4/c1-11-17(19(25)23(22(11)2)14-6-4-3-5-7-14)21-18(24)15-12-8-9-13(10-12)16(15)20(26)27/h3-7,12-13,15-16H,8-10H2,1-2H3,(H,21,24)(H,26,27)/t12-,13+,15-,16+/m1/s1. The van der Waals surface area contributed by atoms with Crippen molar-refractivity contribution in [3.05, 3.63) is 46.4 Å². The van der Waals surface area contributed by atoms with Crippen LogP contribution in [0, 0.1) is 30.6 Å². The topological polar surface area (TPSA) is 93.3 Å². The van der Waals surface area contributed by atoms with Gasteiger partial charge in [0.25, 0.3) is 5.56 Å². The molecule has 1 heterocycles. The largest absolute Gasteiger partial charge is 0.481 e. The summed E-state index contributed by atoms with van der Waals surface area (Å²) in [6.45, 7) is 1.77. The zero-order chi connectivity index (χ0) is 19.3. The van der Waals surface area contributed by atoms with Crippen LogP contribution in [0.25, 0.3) is 5.69 Å². The van der Waals surface area contributed by atoms with E-state index in [-0.39, 0.29) is 29.0 Å². The molecule has 4 atom stereocenters. The number of amides is 1. The lowest BCUT2D eigenvalue weighted by atomic mass is 9.78. The maximum Gasteiger partial charge on any atom is 0.307 e. The second-order valence-electron chi connectivity index (χ2n) is 7.65. The maximum absolute atomic E-state index is 12.9. The van der Waals surface area contributed by atoms with Crippen molar-refractivity contribution in [2.45, 2.75) is 26.2 Å². The third kappa shape index (κ3) is 2.69. The minimum atomic E-state index is -0.908. The van der Waals surface area contributed by atoms with Crippen LogP contribution in [0.5, 0.6) is 0 Å². The number of aromatic nitrogens is 2. The van der Waals surface area contributed by atoms with Crippen LogP contribution in [0.1, 0.15) is 25.0 Å². The molecule has 1 aromatic heterocycles. The van der Waals surface area contributed by atoms with Crippen LogP contribution in [0.4, 0.5) is 5.69 Å². The predicted molar refractivity (Wildman–Crippen MR) is 99.8 cm³/mol. The molecule has 0 saturated heterocycles. The number of carboxylic acids is 1. The Labute approximate surface area is 156 Å². The highest BCUT2D eigenvalue weighted by Gasteiger charge is 2.54. The molecule has 2 N–H and O–H groups in total. The van der Waals surface area contributed by atoms with Crippen molar-refractivity contribution in [2.24, 2.45) is 30.7 Å². The van der Waals surface area contributed by atoms with Crippen LogP contribution in [-0.2, 0) is 16.6 Å². The molecular formula is C20H23N3O4. The van der Waals surface area contributed by atoms with Gasteiger partial charge in [0.1, 0.15) is 5.69 Å². The Kier molecular flexibility index (Phi) is 4.17. The summed E-state index contributed by atoms with van der Waals surface area (Å²) >= 11 is 0. The van der Waals surface area contributed by atoms with Crippen molar-refractivity contribution in [3.63, 3.8) is 0 Å². The van der Waals surface area contributed by atoms with Gasteiger partial charge in [-0.1, -0.05) is 18.2 Å². The number of nitrogens with one attached hydrogen (secondary N) is 1. The van der Waals surface area contributed by atoms with Gasteiger partial charge in [-0.15, -0.1) is 0 Å². The fourth-order valence-electron chi connectivity index (χ4n) is 4.94. The summed E-state index contributed by atoms with van der Waals surface area (Å²) in [6, 6.07) is 9.20. The SMILES string of the molecule is Cc1c(NC(=O)[C@@H]2[C@@H]3CC[C@@H](C3)[C@@H]2C(=O)O)c(=O)n(-c2ccccc2)n1C. The molecular weight excluding hydrogens is 346 g/mol. The van der Waals surface area contributed by atoms with Crippen LogP contribution in [0.15, 0.2) is 35.1 Å². The van der Waals surface area contributed by atoms with Gasteiger partial charge in [0.15, 0.2) is 0 Å². The second kappa shape index (κ2) is 6.40. The Morgan fingerprint density at radius 2 is 1.74 bits per heavy atom. The Hall–Kier alpha value is -2.83. The average molecular weight is 369 g/mol. The third-order valence-electron chi connectivity index (χ3n) is 6.31. The van der Waals surface area contributed by atoms with E-state index < -0.39 is 17.8 Å². The highest BCUT2D eigenvalue weighted by Crippen LogP contribution is 2.52. The smallest absolute Gasteiger partial charge is 0.307 e. The van der Waals surface area contributed by atoms with E-state index in [1.54, 1.807) is 18.7 Å². The molecule has 142 valence electrons. The highest BCUT2D eigenvalue weighted by atomic mass is 16.4. The molecule has 0 spiro atoms. The monoisotopic (exact) mass is 369 g/mol. The molecule has 7 nitrogen and oxygen atoms in total. The number of para-hydroxylation sites is 1. The van der Waals surface area contributed by atoms with Crippen molar-refractivity contribution in [2.75, 3.05) is 5.32 Å². The van der Waals surface area contributed by atoms with Gasteiger partial charge in [0.2, 0.25) is 5.91 Å². The summed E-state index contributed by atoms with van der Waals surface area (Å²) in [5, 5.41) is 12.3. The first-order valence-electron chi connectivity index (χ1n) is 9.28. The number of carbonyl (C=O) groups excluding carboxylic acids is 1. The fourth-order valence-corrected chi connectivity index (χ4v) is 4.94. The summed E-state index contributed by atoms with van der Waals surface area (Å²) < 4.78 is 3.20. The van der Waals surface area contributed by atoms with E-state index in [0.717, 1.165) is 19.3 Å². The maximum atomic E-state index is 12.9. The number of hydrogen-bond acceptors (Lipinski definition) is 3. The summed E-state index contributed by atoms with van der Waals surface area (Å²) in [5.41, 5.74) is 1.24. The van der Waals surface area contributed by atoms with Gasteiger partial charge in [0, 0.05) is 7.05 Å². The number of carbonyl (C=O) groups is 2. The highest BCUT2D eigenvalue weighted by molar-refractivity contribution is 5.96. The molecule has 7 heteroatoms. The average Bonchev–Trinajstić information content (AvgIpc) is 3.32. The zero-order valence-electron chi connectivity index (χ0n) is 15.4. The molecule has 4 rings (SSSR count). The molecule has 2 aliphatic rings. The van der Waals surface area contributed by atoms with Crippen molar-refractivity contribution >= 4 is 17.6 Å². The molecule has 1 amide bonds. The lowest BCUT2D eigenvalue weighted by Crippen LogP contribution is -2.38. The molecule has 1 aromatic carbocycles. The number of hydrogen-bond donors (Lipinski definition) is 2.